The van der Waals surface area contributed by atoms with Gasteiger partial charge in [-0.3, -0.25) is 0 Å². The zero-order chi connectivity index (χ0) is 7.94. The molecule has 0 nitrogen and oxygen atoms in total. The van der Waals surface area contributed by atoms with Crippen molar-refractivity contribution in [2.45, 2.75) is 44.9 Å². The third-order valence-electron chi connectivity index (χ3n) is 2.47. The Hall–Kier alpha value is -0.260. The summed E-state index contributed by atoms with van der Waals surface area (Å²) in [5, 5.41) is 0. The first-order valence-electron chi connectivity index (χ1n) is 4.89. The van der Waals surface area contributed by atoms with Crippen molar-refractivity contribution in [3.63, 3.8) is 0 Å². The third kappa shape index (κ3) is 3.60. The van der Waals surface area contributed by atoms with Crippen molar-refractivity contribution in [2.75, 3.05) is 0 Å². The first-order valence-corrected chi connectivity index (χ1v) is 4.89. The van der Waals surface area contributed by atoms with Crippen molar-refractivity contribution in [3.8, 4) is 0 Å². The van der Waals surface area contributed by atoms with Gasteiger partial charge in [0, 0.05) is 0 Å². The van der Waals surface area contributed by atoms with Crippen molar-refractivity contribution < 1.29 is 0 Å². The van der Waals surface area contributed by atoms with Crippen LogP contribution in [-0.2, 0) is 0 Å². The fourth-order valence-electron chi connectivity index (χ4n) is 1.65. The highest BCUT2D eigenvalue weighted by Gasteiger charge is 2.02. The highest BCUT2D eigenvalue weighted by Crippen LogP contribution is 2.18. The molecule has 1 rings (SSSR count). The molecule has 1 radical (unpaired) electrons. The van der Waals surface area contributed by atoms with Gasteiger partial charge in [0.2, 0.25) is 0 Å². The van der Waals surface area contributed by atoms with E-state index in [1.165, 1.54) is 38.5 Å². The Balaban J connectivity index is 2.32. The molecule has 1 unspecified atom stereocenters. The molecule has 0 amide bonds. The second-order valence-electron chi connectivity index (χ2n) is 3.47. The minimum Gasteiger partial charge on any atom is -0.0883 e. The van der Waals surface area contributed by atoms with E-state index in [0.29, 0.717) is 0 Å². The van der Waals surface area contributed by atoms with E-state index in [1.54, 1.807) is 0 Å². The number of hydrogen-bond acceptors (Lipinski definition) is 0. The van der Waals surface area contributed by atoms with Crippen molar-refractivity contribution in [2.24, 2.45) is 5.92 Å². The summed E-state index contributed by atoms with van der Waals surface area (Å²) in [7, 11) is 0. The molecule has 0 saturated heterocycles. The lowest BCUT2D eigenvalue weighted by atomic mass is 9.99. The van der Waals surface area contributed by atoms with Crippen molar-refractivity contribution in [1.82, 2.24) is 0 Å². The summed E-state index contributed by atoms with van der Waals surface area (Å²) in [6.07, 6.45) is 14.1. The van der Waals surface area contributed by atoms with Crippen molar-refractivity contribution in [3.05, 3.63) is 19.1 Å². The fraction of sp³-hybridized carbons (Fsp3) is 0.727. The van der Waals surface area contributed by atoms with Gasteiger partial charge in [-0.15, -0.1) is 0 Å². The maximum absolute atomic E-state index is 3.96. The Labute approximate surface area is 70.7 Å². The van der Waals surface area contributed by atoms with Gasteiger partial charge in [0.25, 0.3) is 0 Å². The smallest absolute Gasteiger partial charge is 0.0234 e. The topological polar surface area (TPSA) is 0 Å². The summed E-state index contributed by atoms with van der Waals surface area (Å²) < 4.78 is 0. The lowest BCUT2D eigenvalue weighted by Gasteiger charge is -2.07. The molecule has 0 heterocycles. The largest absolute Gasteiger partial charge is 0.0883 e. The SMILES string of the molecule is [CH2]CC1C=CCCCCCC1. The molecule has 0 aromatic heterocycles. The molecule has 0 bridgehead atoms. The Morgan fingerprint density at radius 3 is 2.82 bits per heavy atom. The van der Waals surface area contributed by atoms with Crippen LogP contribution in [-0.4, -0.2) is 0 Å². The molecule has 0 aliphatic heterocycles. The molecule has 0 aromatic rings. The standard InChI is InChI=1S/C11H19/c1-2-11-9-7-5-3-4-6-8-10-11/h7,9,11H,1-6,8,10H2. The molecular formula is C11H19. The maximum atomic E-state index is 3.96. The number of allylic oxidation sites excluding steroid dienone is 2. The molecule has 11 heavy (non-hydrogen) atoms. The van der Waals surface area contributed by atoms with Gasteiger partial charge < -0.3 is 0 Å². The predicted molar refractivity (Wildman–Crippen MR) is 50.3 cm³/mol. The summed E-state index contributed by atoms with van der Waals surface area (Å²) in [4.78, 5) is 0. The van der Waals surface area contributed by atoms with Crippen LogP contribution in [0.25, 0.3) is 0 Å². The minimum absolute atomic E-state index is 0.771. The minimum atomic E-state index is 0.771. The monoisotopic (exact) mass is 151 g/mol. The summed E-state index contributed by atoms with van der Waals surface area (Å²) in [6.45, 7) is 3.96. The van der Waals surface area contributed by atoms with Crippen LogP contribution in [0.2, 0.25) is 0 Å². The summed E-state index contributed by atoms with van der Waals surface area (Å²) >= 11 is 0. The zero-order valence-electron chi connectivity index (χ0n) is 7.39. The highest BCUT2D eigenvalue weighted by molar-refractivity contribution is 4.89. The Bertz CT molecular complexity index is 113. The van der Waals surface area contributed by atoms with E-state index in [2.05, 4.69) is 19.1 Å². The van der Waals surface area contributed by atoms with Crippen LogP contribution in [0.1, 0.15) is 44.9 Å². The van der Waals surface area contributed by atoms with E-state index in [1.807, 2.05) is 0 Å². The number of rotatable bonds is 1. The van der Waals surface area contributed by atoms with E-state index in [-0.39, 0.29) is 0 Å². The lowest BCUT2D eigenvalue weighted by Crippen LogP contribution is -1.93. The quantitative estimate of drug-likeness (QED) is 0.501. The normalized spacial score (nSPS) is 27.2. The predicted octanol–water partition coefficient (Wildman–Crippen LogP) is 3.74. The first-order chi connectivity index (χ1) is 5.43. The summed E-state index contributed by atoms with van der Waals surface area (Å²) in [6, 6.07) is 0. The van der Waals surface area contributed by atoms with Gasteiger partial charge >= 0.3 is 0 Å². The second kappa shape index (κ2) is 5.40. The summed E-state index contributed by atoms with van der Waals surface area (Å²) in [5.74, 6) is 0.771. The van der Waals surface area contributed by atoms with Crippen LogP contribution in [0.15, 0.2) is 12.2 Å². The first kappa shape index (κ1) is 8.83. The van der Waals surface area contributed by atoms with Crippen LogP contribution in [0.4, 0.5) is 0 Å². The van der Waals surface area contributed by atoms with Gasteiger partial charge in [-0.2, -0.15) is 0 Å². The summed E-state index contributed by atoms with van der Waals surface area (Å²) in [5.41, 5.74) is 0. The maximum Gasteiger partial charge on any atom is -0.0234 e. The fourth-order valence-corrected chi connectivity index (χ4v) is 1.65. The Morgan fingerprint density at radius 1 is 1.18 bits per heavy atom. The van der Waals surface area contributed by atoms with E-state index in [0.717, 1.165) is 12.3 Å². The van der Waals surface area contributed by atoms with Gasteiger partial charge in [-0.1, -0.05) is 38.3 Å². The molecule has 0 saturated carbocycles. The molecule has 1 aliphatic carbocycles. The van der Waals surface area contributed by atoms with E-state index >= 15 is 0 Å². The van der Waals surface area contributed by atoms with E-state index in [4.69, 9.17) is 0 Å². The van der Waals surface area contributed by atoms with Crippen molar-refractivity contribution >= 4 is 0 Å². The van der Waals surface area contributed by atoms with E-state index < -0.39 is 0 Å². The average molecular weight is 151 g/mol. The highest BCUT2D eigenvalue weighted by atomic mass is 14.1. The lowest BCUT2D eigenvalue weighted by molar-refractivity contribution is 0.538. The molecule has 0 N–H and O–H groups in total. The van der Waals surface area contributed by atoms with Gasteiger partial charge in [-0.25, -0.2) is 0 Å². The van der Waals surface area contributed by atoms with Crippen LogP contribution in [0, 0.1) is 12.8 Å². The molecular weight excluding hydrogens is 132 g/mol. The van der Waals surface area contributed by atoms with Gasteiger partial charge in [0.15, 0.2) is 0 Å². The van der Waals surface area contributed by atoms with Gasteiger partial charge in [-0.05, 0) is 31.6 Å². The number of hydrogen-bond donors (Lipinski definition) is 0. The van der Waals surface area contributed by atoms with Crippen LogP contribution >= 0.6 is 0 Å². The van der Waals surface area contributed by atoms with Gasteiger partial charge in [0.05, 0.1) is 0 Å². The van der Waals surface area contributed by atoms with Crippen LogP contribution in [0.5, 0.6) is 0 Å². The van der Waals surface area contributed by atoms with Crippen LogP contribution < -0.4 is 0 Å². The van der Waals surface area contributed by atoms with Crippen LogP contribution in [0.3, 0.4) is 0 Å². The Kier molecular flexibility index (Phi) is 4.33. The molecule has 0 spiro atoms. The Morgan fingerprint density at radius 2 is 2.00 bits per heavy atom. The molecule has 0 fully saturated rings. The zero-order valence-corrected chi connectivity index (χ0v) is 7.39. The molecule has 63 valence electrons. The molecule has 0 heteroatoms. The van der Waals surface area contributed by atoms with E-state index in [9.17, 15) is 0 Å². The molecule has 0 aromatic carbocycles. The third-order valence-corrected chi connectivity index (χ3v) is 2.47. The van der Waals surface area contributed by atoms with Crippen molar-refractivity contribution in [1.29, 1.82) is 0 Å². The second-order valence-corrected chi connectivity index (χ2v) is 3.47. The average Bonchev–Trinajstić information content (AvgIpc) is 2.16. The molecule has 1 aliphatic rings. The van der Waals surface area contributed by atoms with Gasteiger partial charge in [0.1, 0.15) is 0 Å². The molecule has 1 atom stereocenters.